The highest BCUT2D eigenvalue weighted by molar-refractivity contribution is 7.15. The van der Waals surface area contributed by atoms with Crippen LogP contribution in [0.15, 0.2) is 23.6 Å². The van der Waals surface area contributed by atoms with E-state index in [9.17, 15) is 4.79 Å². The van der Waals surface area contributed by atoms with E-state index in [4.69, 9.17) is 5.73 Å². The lowest BCUT2D eigenvalue weighted by Gasteiger charge is -2.01. The smallest absolute Gasteiger partial charge is 0.197 e. The summed E-state index contributed by atoms with van der Waals surface area (Å²) in [7, 11) is 0. The molecule has 1 aromatic carbocycles. The molecule has 2 N–H and O–H groups in total. The third kappa shape index (κ3) is 0.957. The van der Waals surface area contributed by atoms with Crippen molar-refractivity contribution in [2.24, 2.45) is 0 Å². The van der Waals surface area contributed by atoms with Crippen molar-refractivity contribution < 1.29 is 4.79 Å². The molecule has 0 spiro atoms. The quantitative estimate of drug-likeness (QED) is 0.626. The molecule has 1 aromatic heterocycles. The summed E-state index contributed by atoms with van der Waals surface area (Å²) < 4.78 is 0. The van der Waals surface area contributed by atoms with Gasteiger partial charge in [-0.2, -0.15) is 0 Å². The third-order valence-corrected chi connectivity index (χ3v) is 3.65. The summed E-state index contributed by atoms with van der Waals surface area (Å²) in [5, 5.41) is 2.60. The molecular weight excluding hydrogens is 206 g/mol. The Morgan fingerprint density at radius 3 is 2.80 bits per heavy atom. The van der Waals surface area contributed by atoms with Gasteiger partial charge in [0.2, 0.25) is 0 Å². The first-order valence-corrected chi connectivity index (χ1v) is 5.59. The number of rotatable bonds is 0. The standard InChI is InChI=1S/C12H9NOS/c1-6-3-2-4-7-8-5-15-12(13)10(8)11(14)9(6)7/h2-5H,13H2,1H3. The van der Waals surface area contributed by atoms with Gasteiger partial charge in [0.25, 0.3) is 0 Å². The summed E-state index contributed by atoms with van der Waals surface area (Å²) in [6.45, 7) is 1.96. The summed E-state index contributed by atoms with van der Waals surface area (Å²) in [5.74, 6) is 0.0804. The maximum atomic E-state index is 12.1. The van der Waals surface area contributed by atoms with Gasteiger partial charge in [-0.25, -0.2) is 0 Å². The van der Waals surface area contributed by atoms with Gasteiger partial charge in [-0.05, 0) is 18.1 Å². The number of nitrogens with two attached hydrogens (primary N) is 1. The Morgan fingerprint density at radius 1 is 1.20 bits per heavy atom. The fraction of sp³-hybridized carbons (Fsp3) is 0.0833. The molecule has 0 radical (unpaired) electrons. The third-order valence-electron chi connectivity index (χ3n) is 2.84. The maximum Gasteiger partial charge on any atom is 0.197 e. The van der Waals surface area contributed by atoms with E-state index in [0.717, 1.165) is 22.3 Å². The predicted molar refractivity (Wildman–Crippen MR) is 62.3 cm³/mol. The molecule has 1 aliphatic rings. The summed E-state index contributed by atoms with van der Waals surface area (Å²) in [6, 6.07) is 5.92. The lowest BCUT2D eigenvalue weighted by molar-refractivity contribution is 0.104. The normalized spacial score (nSPS) is 12.7. The Hall–Kier alpha value is -1.61. The number of thiophene rings is 1. The molecule has 0 saturated heterocycles. The highest BCUT2D eigenvalue weighted by atomic mass is 32.1. The molecule has 15 heavy (non-hydrogen) atoms. The van der Waals surface area contributed by atoms with Crippen LogP contribution in [0.5, 0.6) is 0 Å². The van der Waals surface area contributed by atoms with Crippen LogP contribution in [0.2, 0.25) is 0 Å². The highest BCUT2D eigenvalue weighted by Gasteiger charge is 2.30. The second-order valence-corrected chi connectivity index (χ2v) is 4.63. The van der Waals surface area contributed by atoms with Gasteiger partial charge in [0.1, 0.15) is 0 Å². The average Bonchev–Trinajstić information content (AvgIpc) is 2.70. The van der Waals surface area contributed by atoms with E-state index in [-0.39, 0.29) is 5.78 Å². The van der Waals surface area contributed by atoms with Crippen LogP contribution < -0.4 is 5.73 Å². The van der Waals surface area contributed by atoms with Gasteiger partial charge in [-0.3, -0.25) is 4.79 Å². The van der Waals surface area contributed by atoms with Crippen molar-refractivity contribution in [2.75, 3.05) is 5.73 Å². The number of hydrogen-bond donors (Lipinski definition) is 1. The average molecular weight is 215 g/mol. The van der Waals surface area contributed by atoms with Crippen LogP contribution >= 0.6 is 11.3 Å². The number of anilines is 1. The largest absolute Gasteiger partial charge is 0.390 e. The van der Waals surface area contributed by atoms with Crippen LogP contribution in [-0.4, -0.2) is 5.78 Å². The summed E-state index contributed by atoms with van der Waals surface area (Å²) >= 11 is 1.44. The fourth-order valence-corrected chi connectivity index (χ4v) is 2.93. The maximum absolute atomic E-state index is 12.1. The fourth-order valence-electron chi connectivity index (χ4n) is 2.12. The molecule has 0 aliphatic heterocycles. The van der Waals surface area contributed by atoms with Gasteiger partial charge in [0, 0.05) is 16.5 Å². The molecular formula is C12H9NOS. The predicted octanol–water partition coefficient (Wildman–Crippen LogP) is 2.85. The van der Waals surface area contributed by atoms with Crippen molar-refractivity contribution in [1.82, 2.24) is 0 Å². The van der Waals surface area contributed by atoms with Crippen molar-refractivity contribution in [3.8, 4) is 11.1 Å². The number of nitrogen functional groups attached to an aromatic ring is 1. The van der Waals surface area contributed by atoms with Crippen molar-refractivity contribution in [2.45, 2.75) is 6.92 Å². The number of carbonyl (C=O) groups excluding carboxylic acids is 1. The molecule has 0 fully saturated rings. The summed E-state index contributed by atoms with van der Waals surface area (Å²) in [4.78, 5) is 12.1. The molecule has 3 heteroatoms. The molecule has 0 saturated carbocycles. The van der Waals surface area contributed by atoms with E-state index in [1.54, 1.807) is 0 Å². The Labute approximate surface area is 91.4 Å². The van der Waals surface area contributed by atoms with Crippen LogP contribution in [0.4, 0.5) is 5.00 Å². The molecule has 2 nitrogen and oxygen atoms in total. The number of aryl methyl sites for hydroxylation is 1. The van der Waals surface area contributed by atoms with Gasteiger partial charge >= 0.3 is 0 Å². The van der Waals surface area contributed by atoms with Crippen molar-refractivity contribution in [1.29, 1.82) is 0 Å². The topological polar surface area (TPSA) is 43.1 Å². The highest BCUT2D eigenvalue weighted by Crippen LogP contribution is 2.43. The zero-order valence-electron chi connectivity index (χ0n) is 8.20. The van der Waals surface area contributed by atoms with Crippen molar-refractivity contribution in [3.05, 3.63) is 40.3 Å². The summed E-state index contributed by atoms with van der Waals surface area (Å²) in [6.07, 6.45) is 0. The Bertz CT molecular complexity index is 583. The lowest BCUT2D eigenvalue weighted by atomic mass is 10.0. The Morgan fingerprint density at radius 2 is 2.00 bits per heavy atom. The minimum Gasteiger partial charge on any atom is -0.390 e. The van der Waals surface area contributed by atoms with E-state index in [0.29, 0.717) is 10.6 Å². The van der Waals surface area contributed by atoms with Crippen molar-refractivity contribution in [3.63, 3.8) is 0 Å². The first-order valence-electron chi connectivity index (χ1n) is 4.72. The second-order valence-electron chi connectivity index (χ2n) is 3.72. The first-order chi connectivity index (χ1) is 7.20. The van der Waals surface area contributed by atoms with Crippen LogP contribution in [0.1, 0.15) is 21.5 Å². The van der Waals surface area contributed by atoms with E-state index < -0.39 is 0 Å². The SMILES string of the molecule is Cc1cccc2c1C(=O)c1c-2csc1N. The molecule has 0 atom stereocenters. The number of hydrogen-bond acceptors (Lipinski definition) is 3. The molecule has 2 aromatic rings. The zero-order valence-corrected chi connectivity index (χ0v) is 9.02. The molecule has 0 amide bonds. The van der Waals surface area contributed by atoms with E-state index >= 15 is 0 Å². The molecule has 1 heterocycles. The molecule has 1 aliphatic carbocycles. The Balaban J connectivity index is 2.43. The number of carbonyl (C=O) groups is 1. The van der Waals surface area contributed by atoms with Crippen LogP contribution in [0, 0.1) is 6.92 Å². The number of benzene rings is 1. The monoisotopic (exact) mass is 215 g/mol. The van der Waals surface area contributed by atoms with E-state index in [1.165, 1.54) is 11.3 Å². The minimum absolute atomic E-state index is 0.0804. The first kappa shape index (κ1) is 8.68. The second kappa shape index (κ2) is 2.70. The summed E-state index contributed by atoms with van der Waals surface area (Å²) in [5.41, 5.74) is 10.4. The minimum atomic E-state index is 0.0804. The van der Waals surface area contributed by atoms with Gasteiger partial charge in [0.05, 0.1) is 10.6 Å². The Kier molecular flexibility index (Phi) is 1.56. The molecule has 0 unspecified atom stereocenters. The van der Waals surface area contributed by atoms with Crippen LogP contribution in [0.25, 0.3) is 11.1 Å². The van der Waals surface area contributed by atoms with Gasteiger partial charge in [0.15, 0.2) is 5.78 Å². The number of ketones is 1. The van der Waals surface area contributed by atoms with Gasteiger partial charge in [-0.15, -0.1) is 11.3 Å². The lowest BCUT2D eigenvalue weighted by Crippen LogP contribution is -1.99. The van der Waals surface area contributed by atoms with E-state index in [1.807, 2.05) is 30.5 Å². The zero-order chi connectivity index (χ0) is 10.6. The number of fused-ring (bicyclic) bond motifs is 3. The molecule has 74 valence electrons. The van der Waals surface area contributed by atoms with Crippen LogP contribution in [-0.2, 0) is 0 Å². The van der Waals surface area contributed by atoms with E-state index in [2.05, 4.69) is 0 Å². The van der Waals surface area contributed by atoms with Crippen LogP contribution in [0.3, 0.4) is 0 Å². The molecule has 3 rings (SSSR count). The molecule has 0 bridgehead atoms. The van der Waals surface area contributed by atoms with Gasteiger partial charge in [-0.1, -0.05) is 18.2 Å². The van der Waals surface area contributed by atoms with Crippen molar-refractivity contribution >= 4 is 22.1 Å². The van der Waals surface area contributed by atoms with Gasteiger partial charge < -0.3 is 5.73 Å².